The second-order valence-corrected chi connectivity index (χ2v) is 10.7. The van der Waals surface area contributed by atoms with Crippen molar-refractivity contribution in [1.82, 2.24) is 4.90 Å². The first kappa shape index (κ1) is 28.3. The number of hydrogen-bond donors (Lipinski definition) is 1. The summed E-state index contributed by atoms with van der Waals surface area (Å²) in [5.74, 6) is -1.84. The molecule has 1 heterocycles. The first-order valence-electron chi connectivity index (χ1n) is 11.2. The standard InChI is InChI=1S/C27H19F4I2NO4/c28-20-7-2-1-5-16(20)8-9-23(35)34-13-19-17(12-22(34)26(36)37)11-21(32)25(24(19)33)38-14-15-4-3-6-18(10-15)27(29,30)31/h1-11,22H,12-14H2,(H,36,37)/b9-8+/t22-/m0/s1. The SMILES string of the molecule is O=C(O)[C@@H]1Cc2cc(I)c(OCc3cccc(C(F)(F)F)c3)c(I)c2CN1C(=O)/C=C/c1ccccc1F. The minimum absolute atomic E-state index is 0.0259. The van der Waals surface area contributed by atoms with Gasteiger partial charge >= 0.3 is 12.1 Å². The highest BCUT2D eigenvalue weighted by Gasteiger charge is 2.36. The van der Waals surface area contributed by atoms with E-state index < -0.39 is 35.5 Å². The first-order valence-corrected chi connectivity index (χ1v) is 13.4. The molecule has 198 valence electrons. The lowest BCUT2D eigenvalue weighted by Gasteiger charge is -2.35. The smallest absolute Gasteiger partial charge is 0.416 e. The highest BCUT2D eigenvalue weighted by atomic mass is 127. The predicted molar refractivity (Wildman–Crippen MR) is 149 cm³/mol. The van der Waals surface area contributed by atoms with E-state index in [0.717, 1.165) is 23.8 Å². The Morgan fingerprint density at radius 3 is 2.53 bits per heavy atom. The molecule has 1 amide bonds. The molecule has 5 nitrogen and oxygen atoms in total. The van der Waals surface area contributed by atoms with Crippen LogP contribution in [0.25, 0.3) is 6.08 Å². The van der Waals surface area contributed by atoms with Crippen LogP contribution in [-0.2, 0) is 35.3 Å². The molecule has 0 aromatic heterocycles. The number of halogens is 6. The van der Waals surface area contributed by atoms with Crippen molar-refractivity contribution >= 4 is 63.1 Å². The summed E-state index contributed by atoms with van der Waals surface area (Å²) in [6, 6.07) is 11.4. The molecular weight excluding hydrogens is 732 g/mol. The third kappa shape index (κ3) is 6.30. The molecule has 0 bridgehead atoms. The maximum atomic E-state index is 14.0. The molecule has 4 rings (SSSR count). The number of carbonyl (C=O) groups excluding carboxylic acids is 1. The number of alkyl halides is 3. The van der Waals surface area contributed by atoms with Gasteiger partial charge in [-0.15, -0.1) is 0 Å². The lowest BCUT2D eigenvalue weighted by atomic mass is 9.93. The van der Waals surface area contributed by atoms with Gasteiger partial charge in [-0.2, -0.15) is 13.2 Å². The van der Waals surface area contributed by atoms with Gasteiger partial charge in [-0.3, -0.25) is 4.79 Å². The molecule has 0 saturated heterocycles. The van der Waals surface area contributed by atoms with E-state index >= 15 is 0 Å². The second-order valence-electron chi connectivity index (χ2n) is 8.51. The molecule has 1 aliphatic rings. The summed E-state index contributed by atoms with van der Waals surface area (Å²) in [5.41, 5.74) is 1.19. The maximum absolute atomic E-state index is 14.0. The van der Waals surface area contributed by atoms with Crippen LogP contribution in [0.5, 0.6) is 5.75 Å². The first-order chi connectivity index (χ1) is 18.0. The number of carboxylic acids is 1. The van der Waals surface area contributed by atoms with E-state index in [9.17, 15) is 32.3 Å². The fraction of sp³-hybridized carbons (Fsp3) is 0.185. The summed E-state index contributed by atoms with van der Waals surface area (Å²) in [5, 5.41) is 9.81. The zero-order chi connectivity index (χ0) is 27.6. The molecule has 0 aliphatic carbocycles. The number of benzene rings is 3. The fourth-order valence-corrected chi connectivity index (χ4v) is 6.37. The van der Waals surface area contributed by atoms with Crippen molar-refractivity contribution in [3.05, 3.63) is 101 Å². The van der Waals surface area contributed by atoms with Crippen molar-refractivity contribution in [2.45, 2.75) is 31.8 Å². The number of aliphatic carboxylic acids is 1. The molecule has 0 radical (unpaired) electrons. The average molecular weight is 751 g/mol. The van der Waals surface area contributed by atoms with Gasteiger partial charge in [0.05, 0.1) is 12.7 Å². The third-order valence-corrected chi connectivity index (χ3v) is 7.95. The predicted octanol–water partition coefficient (Wildman–Crippen LogP) is 6.68. The number of rotatable bonds is 6. The topological polar surface area (TPSA) is 66.8 Å². The monoisotopic (exact) mass is 751 g/mol. The van der Waals surface area contributed by atoms with E-state index in [4.69, 9.17) is 4.74 Å². The molecule has 1 N–H and O–H groups in total. The van der Waals surface area contributed by atoms with Crippen LogP contribution in [0.15, 0.2) is 60.7 Å². The van der Waals surface area contributed by atoms with Crippen LogP contribution in [0.4, 0.5) is 17.6 Å². The zero-order valence-electron chi connectivity index (χ0n) is 19.4. The summed E-state index contributed by atoms with van der Waals surface area (Å²) >= 11 is 4.08. The highest BCUT2D eigenvalue weighted by molar-refractivity contribution is 14.1. The molecule has 1 aliphatic heterocycles. The van der Waals surface area contributed by atoms with Crippen molar-refractivity contribution in [3.63, 3.8) is 0 Å². The number of carbonyl (C=O) groups is 2. The number of hydrogen-bond acceptors (Lipinski definition) is 3. The Hall–Kier alpha value is -2.68. The number of fused-ring (bicyclic) bond motifs is 1. The molecule has 1 atom stereocenters. The summed E-state index contributed by atoms with van der Waals surface area (Å²) in [4.78, 5) is 26.2. The van der Waals surface area contributed by atoms with Crippen molar-refractivity contribution in [3.8, 4) is 5.75 Å². The van der Waals surface area contributed by atoms with Crippen molar-refractivity contribution in [2.75, 3.05) is 0 Å². The van der Waals surface area contributed by atoms with Gasteiger partial charge in [0.2, 0.25) is 5.91 Å². The summed E-state index contributed by atoms with van der Waals surface area (Å²) < 4.78 is 60.4. The van der Waals surface area contributed by atoms with Crippen LogP contribution >= 0.6 is 45.2 Å². The molecule has 0 spiro atoms. The summed E-state index contributed by atoms with van der Waals surface area (Å²) in [7, 11) is 0. The molecule has 3 aromatic carbocycles. The normalized spacial score (nSPS) is 15.4. The van der Waals surface area contributed by atoms with Crippen LogP contribution in [0, 0.1) is 13.0 Å². The maximum Gasteiger partial charge on any atom is 0.416 e. The van der Waals surface area contributed by atoms with Gasteiger partial charge in [0, 0.05) is 24.6 Å². The molecule has 0 fully saturated rings. The van der Waals surface area contributed by atoms with Gasteiger partial charge in [0.25, 0.3) is 0 Å². The van der Waals surface area contributed by atoms with Crippen molar-refractivity contribution in [2.24, 2.45) is 0 Å². The Labute approximate surface area is 242 Å². The van der Waals surface area contributed by atoms with Gasteiger partial charge in [0.15, 0.2) is 0 Å². The van der Waals surface area contributed by atoms with Crippen LogP contribution in [-0.4, -0.2) is 27.9 Å². The average Bonchev–Trinajstić information content (AvgIpc) is 2.87. The van der Waals surface area contributed by atoms with Crippen LogP contribution in [0.2, 0.25) is 0 Å². The fourth-order valence-electron chi connectivity index (χ4n) is 4.09. The van der Waals surface area contributed by atoms with E-state index in [1.54, 1.807) is 12.1 Å². The van der Waals surface area contributed by atoms with Crippen molar-refractivity contribution < 1.29 is 37.0 Å². The number of nitrogens with zero attached hydrogens (tertiary/aromatic N) is 1. The van der Waals surface area contributed by atoms with E-state index in [1.807, 2.05) is 45.2 Å². The van der Waals surface area contributed by atoms with Gasteiger partial charge < -0.3 is 14.7 Å². The lowest BCUT2D eigenvalue weighted by Crippen LogP contribution is -2.48. The quantitative estimate of drug-likeness (QED) is 0.174. The molecule has 0 saturated carbocycles. The van der Waals surface area contributed by atoms with Crippen LogP contribution in [0.1, 0.15) is 27.8 Å². The van der Waals surface area contributed by atoms with E-state index in [-0.39, 0.29) is 25.1 Å². The minimum atomic E-state index is -4.47. The minimum Gasteiger partial charge on any atom is -0.487 e. The number of carboxylic acid groups (broad SMARTS) is 1. The number of ether oxygens (including phenoxy) is 1. The van der Waals surface area contributed by atoms with E-state index in [1.165, 1.54) is 41.3 Å². The lowest BCUT2D eigenvalue weighted by molar-refractivity contribution is -0.149. The Balaban J connectivity index is 1.60. The van der Waals surface area contributed by atoms with E-state index in [0.29, 0.717) is 24.0 Å². The Bertz CT molecular complexity index is 1420. The third-order valence-electron chi connectivity index (χ3n) is 6.00. The molecular formula is C27H19F4I2NO4. The number of amides is 1. The van der Waals surface area contributed by atoms with Gasteiger partial charge in [-0.25, -0.2) is 9.18 Å². The Morgan fingerprint density at radius 2 is 1.84 bits per heavy atom. The van der Waals surface area contributed by atoms with Gasteiger partial charge in [0.1, 0.15) is 24.2 Å². The van der Waals surface area contributed by atoms with Crippen molar-refractivity contribution in [1.29, 1.82) is 0 Å². The molecule has 0 unspecified atom stereocenters. The van der Waals surface area contributed by atoms with E-state index in [2.05, 4.69) is 0 Å². The molecule has 3 aromatic rings. The van der Waals surface area contributed by atoms with Gasteiger partial charge in [-0.05, 0) is 92.2 Å². The van der Waals surface area contributed by atoms with Crippen LogP contribution in [0.3, 0.4) is 0 Å². The Kier molecular flexibility index (Phi) is 8.65. The van der Waals surface area contributed by atoms with Crippen LogP contribution < -0.4 is 4.74 Å². The Morgan fingerprint density at radius 1 is 1.11 bits per heavy atom. The molecule has 11 heteroatoms. The second kappa shape index (κ2) is 11.6. The highest BCUT2D eigenvalue weighted by Crippen LogP contribution is 2.38. The summed E-state index contributed by atoms with van der Waals surface area (Å²) in [6.45, 7) is -0.137. The zero-order valence-corrected chi connectivity index (χ0v) is 23.8. The largest absolute Gasteiger partial charge is 0.487 e. The molecule has 38 heavy (non-hydrogen) atoms. The van der Waals surface area contributed by atoms with Gasteiger partial charge in [-0.1, -0.05) is 30.3 Å². The summed E-state index contributed by atoms with van der Waals surface area (Å²) in [6.07, 6.45) is -1.97.